The molecule has 5 rings (SSSR count). The molecule has 0 unspecified atom stereocenters. The summed E-state index contributed by atoms with van der Waals surface area (Å²) in [5.41, 5.74) is 4.32. The Kier molecular flexibility index (Phi) is 34.3. The lowest BCUT2D eigenvalue weighted by molar-refractivity contribution is -0.155. The Morgan fingerprint density at radius 1 is 0.320 bits per heavy atom. The van der Waals surface area contributed by atoms with Crippen LogP contribution >= 0.6 is 0 Å². The van der Waals surface area contributed by atoms with E-state index >= 15 is 0 Å². The Hall–Kier alpha value is -9.21. The van der Waals surface area contributed by atoms with Gasteiger partial charge in [-0.2, -0.15) is 0 Å². The quantitative estimate of drug-likeness (QED) is 0.00875. The fourth-order valence-electron chi connectivity index (χ4n) is 11.0. The van der Waals surface area contributed by atoms with Crippen LogP contribution in [-0.2, 0) is 92.4 Å². The van der Waals surface area contributed by atoms with Crippen molar-refractivity contribution in [3.63, 3.8) is 0 Å². The van der Waals surface area contributed by atoms with E-state index in [1.807, 2.05) is 27.7 Å². The van der Waals surface area contributed by atoms with E-state index in [4.69, 9.17) is 37.9 Å². The Morgan fingerprint density at radius 2 is 0.536 bits per heavy atom. The van der Waals surface area contributed by atoms with E-state index in [1.165, 1.54) is 0 Å². The van der Waals surface area contributed by atoms with Gasteiger partial charge in [-0.05, 0) is 119 Å². The second-order valence-electron chi connectivity index (χ2n) is 23.4. The number of esters is 7. The number of ketones is 4. The highest BCUT2D eigenvalue weighted by atomic mass is 16.6. The lowest BCUT2D eigenvalue weighted by atomic mass is 9.86. The van der Waals surface area contributed by atoms with E-state index in [1.54, 1.807) is 48.5 Å². The normalized spacial score (nSPS) is 11.5. The summed E-state index contributed by atoms with van der Waals surface area (Å²) in [6.45, 7) is 9.19. The number of carbonyl (C=O) groups excluding carboxylic acids is 11. The topological polar surface area (TPSA) is 289 Å². The summed E-state index contributed by atoms with van der Waals surface area (Å²) in [7, 11) is 3.42. The molecule has 0 radical (unpaired) electrons. The zero-order valence-electron chi connectivity index (χ0n) is 57.3. The van der Waals surface area contributed by atoms with E-state index in [-0.39, 0.29) is 156 Å². The van der Waals surface area contributed by atoms with Crippen LogP contribution in [0.15, 0.2) is 61.2 Å². The first kappa shape index (κ1) is 78.5. The standard InChI is InChI=1S/C75H94O22/c1-9-14-18-22-61(76)49-34-53-42-55-36-50(62(77)23-19-15-10-2)38-57(73(55)95-31-27-91-69(84)46-66(81)87-6)44-59-40-52(64(79)25-21-17-12-4)41-60(75(59)97-33-29-93-71(86)48-68(83)89-8)45-58-39-51(63(78)24-20-16-11-3)37-56(74(58)96-32-28-92-70(85)47-67(82)88-7)43-54(35-49)72(53)94-30-26-90-65(80)13-5/h13,34-41H,5,9-12,14-33,42-48H2,1-4,6-8H3. The molecule has 4 aromatic rings. The van der Waals surface area contributed by atoms with Crippen LogP contribution in [0.4, 0.5) is 0 Å². The number of hydrogen-bond acceptors (Lipinski definition) is 22. The fourth-order valence-corrected chi connectivity index (χ4v) is 11.0. The summed E-state index contributed by atoms with van der Waals surface area (Å²) >= 11 is 0. The van der Waals surface area contributed by atoms with Crippen molar-refractivity contribution in [3.05, 3.63) is 128 Å². The Morgan fingerprint density at radius 3 is 0.732 bits per heavy atom. The number of benzene rings is 4. The summed E-state index contributed by atoms with van der Waals surface area (Å²) < 4.78 is 62.9. The predicted molar refractivity (Wildman–Crippen MR) is 357 cm³/mol. The number of fused-ring (bicyclic) bond motifs is 8. The van der Waals surface area contributed by atoms with Crippen LogP contribution in [0, 0.1) is 0 Å². The van der Waals surface area contributed by atoms with Crippen molar-refractivity contribution in [1.29, 1.82) is 0 Å². The maximum atomic E-state index is 14.8. The molecule has 0 saturated carbocycles. The zero-order chi connectivity index (χ0) is 70.7. The molecule has 22 nitrogen and oxygen atoms in total. The van der Waals surface area contributed by atoms with Crippen LogP contribution in [0.2, 0.25) is 0 Å². The maximum Gasteiger partial charge on any atom is 0.330 e. The van der Waals surface area contributed by atoms with Crippen LogP contribution in [-0.4, -0.2) is 139 Å². The molecule has 0 saturated heterocycles. The van der Waals surface area contributed by atoms with Gasteiger partial charge in [0.25, 0.3) is 0 Å². The lowest BCUT2D eigenvalue weighted by Gasteiger charge is -2.25. The minimum Gasteiger partial charge on any atom is -0.489 e. The van der Waals surface area contributed by atoms with Crippen LogP contribution in [0.25, 0.3) is 0 Å². The second kappa shape index (κ2) is 42.4. The van der Waals surface area contributed by atoms with Crippen molar-refractivity contribution in [2.45, 2.75) is 175 Å². The predicted octanol–water partition coefficient (Wildman–Crippen LogP) is 12.0. The van der Waals surface area contributed by atoms with E-state index < -0.39 is 61.0 Å². The van der Waals surface area contributed by atoms with E-state index in [0.29, 0.717) is 86.9 Å². The van der Waals surface area contributed by atoms with E-state index in [9.17, 15) is 52.7 Å². The summed E-state index contributed by atoms with van der Waals surface area (Å²) in [6.07, 6.45) is 7.83. The Bertz CT molecular complexity index is 3250. The molecule has 0 aromatic heterocycles. The summed E-state index contributed by atoms with van der Waals surface area (Å²) in [5, 5.41) is 0. The van der Waals surface area contributed by atoms with Crippen molar-refractivity contribution < 1.29 is 105 Å². The van der Waals surface area contributed by atoms with Gasteiger partial charge in [0.05, 0.1) is 21.3 Å². The largest absolute Gasteiger partial charge is 0.489 e. The molecular weight excluding hydrogens is 1250 g/mol. The first-order valence-electron chi connectivity index (χ1n) is 33.5. The van der Waals surface area contributed by atoms with Gasteiger partial charge in [0.1, 0.15) is 95.1 Å². The molecular formula is C75H94O22. The fraction of sp³-hybridized carbons (Fsp3) is 0.507. The van der Waals surface area contributed by atoms with Crippen molar-refractivity contribution in [2.24, 2.45) is 0 Å². The Balaban J connectivity index is 2.01. The smallest absolute Gasteiger partial charge is 0.330 e. The van der Waals surface area contributed by atoms with Crippen molar-refractivity contribution in [2.75, 3.05) is 74.2 Å². The van der Waals surface area contributed by atoms with Crippen LogP contribution in [0.3, 0.4) is 0 Å². The molecule has 4 aromatic carbocycles. The average Bonchev–Trinajstić information content (AvgIpc) is 0.773. The highest BCUT2D eigenvalue weighted by molar-refractivity contribution is 5.99. The number of hydrogen-bond donors (Lipinski definition) is 0. The zero-order valence-corrected chi connectivity index (χ0v) is 57.3. The molecule has 526 valence electrons. The molecule has 0 N–H and O–H groups in total. The molecule has 8 bridgehead atoms. The monoisotopic (exact) mass is 1350 g/mol. The van der Waals surface area contributed by atoms with Gasteiger partial charge in [-0.15, -0.1) is 0 Å². The third-order valence-electron chi connectivity index (χ3n) is 15.9. The number of ether oxygens (including phenoxy) is 11. The van der Waals surface area contributed by atoms with Crippen molar-refractivity contribution in [1.82, 2.24) is 0 Å². The van der Waals surface area contributed by atoms with Crippen molar-refractivity contribution >= 4 is 64.9 Å². The maximum absolute atomic E-state index is 14.8. The summed E-state index contributed by atoms with van der Waals surface area (Å²) in [6, 6.07) is 13.6. The number of carbonyl (C=O) groups is 11. The molecule has 0 aliphatic heterocycles. The molecule has 0 atom stereocenters. The number of rotatable bonds is 43. The molecule has 0 spiro atoms. The SMILES string of the molecule is C=CC(=O)OCCOc1c2cc(C(=O)CCCCC)cc1Cc1cc(C(=O)CCCCC)cc(c1OCCOC(=O)CC(=O)OC)Cc1cc(C(=O)CCCCC)cc(c1OCCOC(=O)CC(=O)OC)Cc1cc(C(=O)CCCCC)cc(c1OCCOC(=O)CC(=O)OC)C2. The third kappa shape index (κ3) is 26.0. The summed E-state index contributed by atoms with van der Waals surface area (Å²) in [4.78, 5) is 147. The lowest BCUT2D eigenvalue weighted by Crippen LogP contribution is -2.18. The van der Waals surface area contributed by atoms with Gasteiger partial charge in [-0.1, -0.05) is 85.6 Å². The second-order valence-corrected chi connectivity index (χ2v) is 23.4. The third-order valence-corrected chi connectivity index (χ3v) is 15.9. The van der Waals surface area contributed by atoms with Crippen LogP contribution in [0.5, 0.6) is 23.0 Å². The van der Waals surface area contributed by atoms with Gasteiger partial charge >= 0.3 is 41.8 Å². The van der Waals surface area contributed by atoms with Gasteiger partial charge in [-0.25, -0.2) is 4.79 Å². The van der Waals surface area contributed by atoms with Gasteiger partial charge < -0.3 is 52.1 Å². The van der Waals surface area contributed by atoms with Gasteiger partial charge in [0, 0.05) is 79.7 Å². The number of unbranched alkanes of at least 4 members (excludes halogenated alkanes) is 8. The van der Waals surface area contributed by atoms with E-state index in [2.05, 4.69) is 20.8 Å². The molecule has 0 amide bonds. The van der Waals surface area contributed by atoms with Gasteiger partial charge in [0.2, 0.25) is 0 Å². The molecule has 0 heterocycles. The molecule has 0 fully saturated rings. The highest BCUT2D eigenvalue weighted by Gasteiger charge is 2.29. The first-order chi connectivity index (χ1) is 46.8. The number of methoxy groups -OCH3 is 3. The molecule has 97 heavy (non-hydrogen) atoms. The highest BCUT2D eigenvalue weighted by Crippen LogP contribution is 2.42. The number of Topliss-reactive ketones (excluding diaryl/α,β-unsaturated/α-hetero) is 4. The molecule has 1 aliphatic rings. The van der Waals surface area contributed by atoms with Gasteiger partial charge in [0.15, 0.2) is 23.1 Å². The van der Waals surface area contributed by atoms with Crippen LogP contribution < -0.4 is 18.9 Å². The van der Waals surface area contributed by atoms with Crippen LogP contribution in [0.1, 0.15) is 236 Å². The molecule has 22 heteroatoms. The van der Waals surface area contributed by atoms with Gasteiger partial charge in [-0.3, -0.25) is 47.9 Å². The van der Waals surface area contributed by atoms with Crippen molar-refractivity contribution in [3.8, 4) is 23.0 Å². The average molecular weight is 1350 g/mol. The first-order valence-corrected chi connectivity index (χ1v) is 33.5. The summed E-state index contributed by atoms with van der Waals surface area (Å²) in [5.74, 6) is -5.78. The minimum atomic E-state index is -0.885. The minimum absolute atomic E-state index is 0.117. The van der Waals surface area contributed by atoms with E-state index in [0.717, 1.165) is 78.8 Å². The molecule has 1 aliphatic carbocycles. The Labute approximate surface area is 568 Å².